The van der Waals surface area contributed by atoms with Crippen LogP contribution in [-0.4, -0.2) is 0 Å². The minimum Gasteiger partial charge on any atom is -0.394 e. The van der Waals surface area contributed by atoms with E-state index in [2.05, 4.69) is 12.7 Å². The van der Waals surface area contributed by atoms with Crippen molar-refractivity contribution in [3.8, 4) is 0 Å². The molecular weight excluding hydrogens is 176 g/mol. The van der Waals surface area contributed by atoms with Gasteiger partial charge in [0.15, 0.2) is 0 Å². The second-order valence-corrected chi connectivity index (χ2v) is 1.11. The summed E-state index contributed by atoms with van der Waals surface area (Å²) in [6, 6.07) is 0. The third-order valence-corrected chi connectivity index (χ3v) is 0.421. The molecular formula is C10H10Fe. The first kappa shape index (κ1) is 16.7. The van der Waals surface area contributed by atoms with Crippen LogP contribution in [0.15, 0.2) is 37.0 Å². The van der Waals surface area contributed by atoms with Gasteiger partial charge in [0.05, 0.1) is 0 Å². The molecule has 0 fully saturated rings. The molecule has 0 nitrogen and oxygen atoms in total. The summed E-state index contributed by atoms with van der Waals surface area (Å²) in [5, 5.41) is 0. The summed E-state index contributed by atoms with van der Waals surface area (Å²) in [7, 11) is 0. The Balaban J connectivity index is -0.000000114. The van der Waals surface area contributed by atoms with E-state index in [0.29, 0.717) is 0 Å². The molecule has 0 N–H and O–H groups in total. The summed E-state index contributed by atoms with van der Waals surface area (Å²) < 4.78 is 0. The Labute approximate surface area is 80.2 Å². The van der Waals surface area contributed by atoms with E-state index >= 15 is 0 Å². The molecule has 0 unspecified atom stereocenters. The average Bonchev–Trinajstić information content (AvgIpc) is 2.01. The number of allylic oxidation sites excluding steroid dienone is 6. The summed E-state index contributed by atoms with van der Waals surface area (Å²) in [5.41, 5.74) is 0. The van der Waals surface area contributed by atoms with Gasteiger partial charge in [-0.15, -0.1) is 0 Å². The predicted molar refractivity (Wildman–Crippen MR) is 44.6 cm³/mol. The van der Waals surface area contributed by atoms with E-state index in [1.165, 1.54) is 18.2 Å². The topological polar surface area (TPSA) is 0 Å². The Morgan fingerprint density at radius 1 is 1.00 bits per heavy atom. The molecule has 0 spiro atoms. The van der Waals surface area contributed by atoms with E-state index < -0.39 is 0 Å². The number of hydrogen-bond donors (Lipinski definition) is 0. The Bertz CT molecular complexity index is 116. The molecule has 0 atom stereocenters. The smallest absolute Gasteiger partial charge is 0.394 e. The van der Waals surface area contributed by atoms with Crippen molar-refractivity contribution in [3.63, 3.8) is 0 Å². The normalized spacial score (nSPS) is 6.55. The molecule has 0 aromatic carbocycles. The molecule has 0 rings (SSSR count). The largest absolute Gasteiger partial charge is 4.00 e. The Hall–Kier alpha value is -0.781. The van der Waals surface area contributed by atoms with Crippen LogP contribution < -0.4 is 0 Å². The fourth-order valence-corrected chi connectivity index (χ4v) is 0.124. The van der Waals surface area contributed by atoms with Crippen molar-refractivity contribution in [2.45, 2.75) is 0 Å². The molecule has 0 heterocycles. The minimum absolute atomic E-state index is 0. The second-order valence-electron chi connectivity index (χ2n) is 1.11. The fourth-order valence-electron chi connectivity index (χ4n) is 0.124. The van der Waals surface area contributed by atoms with Gasteiger partial charge in [-0.1, -0.05) is 0 Å². The van der Waals surface area contributed by atoms with E-state index in [-0.39, 0.29) is 17.1 Å². The van der Waals surface area contributed by atoms with Crippen LogP contribution in [-0.2, 0) is 17.1 Å². The van der Waals surface area contributed by atoms with Crippen molar-refractivity contribution in [2.75, 3.05) is 0 Å². The SMILES string of the molecule is [CH-]=CC=[C-]C=C.[CH-]=CC=[CH-].[Fe+4]. The molecule has 0 aliphatic rings. The van der Waals surface area contributed by atoms with Gasteiger partial charge in [0, 0.05) is 0 Å². The van der Waals surface area contributed by atoms with Crippen molar-refractivity contribution in [3.05, 3.63) is 62.8 Å². The molecule has 0 radical (unpaired) electrons. The molecule has 0 aliphatic heterocycles. The van der Waals surface area contributed by atoms with Crippen LogP contribution in [0, 0.1) is 25.8 Å². The molecule has 0 saturated heterocycles. The molecule has 0 aromatic heterocycles. The van der Waals surface area contributed by atoms with Crippen molar-refractivity contribution in [1.29, 1.82) is 0 Å². The standard InChI is InChI=1S/C6H6.C4H4.Fe/c1-3-5-6-4-2;1-3-4-2;/h1,3-5H,2H2;1-4H;/q2*-2;+4. The van der Waals surface area contributed by atoms with Gasteiger partial charge in [0.1, 0.15) is 0 Å². The fraction of sp³-hybridized carbons (Fsp3) is 0. The summed E-state index contributed by atoms with van der Waals surface area (Å²) in [5.74, 6) is 0. The summed E-state index contributed by atoms with van der Waals surface area (Å²) in [6.07, 6.45) is 9.75. The summed E-state index contributed by atoms with van der Waals surface area (Å²) >= 11 is 0. The van der Waals surface area contributed by atoms with E-state index in [4.69, 9.17) is 19.7 Å². The molecule has 1 heteroatoms. The molecule has 58 valence electrons. The first-order valence-corrected chi connectivity index (χ1v) is 2.65. The van der Waals surface area contributed by atoms with Crippen LogP contribution in [0.3, 0.4) is 0 Å². The van der Waals surface area contributed by atoms with E-state index in [9.17, 15) is 0 Å². The Morgan fingerprint density at radius 3 is 1.55 bits per heavy atom. The third-order valence-electron chi connectivity index (χ3n) is 0.421. The van der Waals surface area contributed by atoms with Crippen LogP contribution in [0.1, 0.15) is 0 Å². The molecule has 0 aliphatic carbocycles. The van der Waals surface area contributed by atoms with Gasteiger partial charge < -0.3 is 44.0 Å². The molecule has 0 amide bonds. The van der Waals surface area contributed by atoms with Gasteiger partial charge >= 0.3 is 17.1 Å². The van der Waals surface area contributed by atoms with Crippen molar-refractivity contribution < 1.29 is 17.1 Å². The molecule has 0 saturated carbocycles. The van der Waals surface area contributed by atoms with E-state index in [0.717, 1.165) is 0 Å². The first-order valence-electron chi connectivity index (χ1n) is 2.65. The second kappa shape index (κ2) is 22.9. The van der Waals surface area contributed by atoms with Crippen molar-refractivity contribution >= 4 is 0 Å². The number of rotatable bonds is 3. The van der Waals surface area contributed by atoms with E-state index in [1.54, 1.807) is 12.2 Å². The van der Waals surface area contributed by atoms with Gasteiger partial charge in [-0.2, -0.15) is 6.58 Å². The van der Waals surface area contributed by atoms with Gasteiger partial charge in [-0.25, -0.2) is 6.08 Å². The van der Waals surface area contributed by atoms with Crippen LogP contribution in [0.4, 0.5) is 0 Å². The van der Waals surface area contributed by atoms with Gasteiger partial charge in [-0.05, 0) is 0 Å². The van der Waals surface area contributed by atoms with E-state index in [1.807, 2.05) is 0 Å². The summed E-state index contributed by atoms with van der Waals surface area (Å²) in [6.45, 7) is 17.7. The molecule has 0 bridgehead atoms. The first-order chi connectivity index (χ1) is 4.83. The van der Waals surface area contributed by atoms with Gasteiger partial charge in [0.25, 0.3) is 0 Å². The predicted octanol–water partition coefficient (Wildman–Crippen LogP) is 2.48. The summed E-state index contributed by atoms with van der Waals surface area (Å²) in [4.78, 5) is 0. The van der Waals surface area contributed by atoms with Crippen molar-refractivity contribution in [1.82, 2.24) is 0 Å². The van der Waals surface area contributed by atoms with Gasteiger partial charge in [-0.3, -0.25) is 6.08 Å². The maximum Gasteiger partial charge on any atom is 4.00 e. The number of hydrogen-bond acceptors (Lipinski definition) is 0. The maximum absolute atomic E-state index is 4.92. The zero-order valence-electron chi connectivity index (χ0n) is 6.18. The van der Waals surface area contributed by atoms with Crippen LogP contribution >= 0.6 is 0 Å². The average molecular weight is 186 g/mol. The van der Waals surface area contributed by atoms with Crippen LogP contribution in [0.5, 0.6) is 0 Å². The minimum atomic E-state index is 0. The zero-order chi connectivity index (χ0) is 8.24. The molecule has 11 heavy (non-hydrogen) atoms. The van der Waals surface area contributed by atoms with Gasteiger partial charge in [0.2, 0.25) is 0 Å². The Morgan fingerprint density at radius 2 is 1.45 bits per heavy atom. The monoisotopic (exact) mass is 186 g/mol. The van der Waals surface area contributed by atoms with Crippen molar-refractivity contribution in [2.24, 2.45) is 0 Å². The van der Waals surface area contributed by atoms with Crippen LogP contribution in [0.2, 0.25) is 0 Å². The Kier molecular flexibility index (Phi) is 34.6. The maximum atomic E-state index is 4.92. The quantitative estimate of drug-likeness (QED) is 0.360. The van der Waals surface area contributed by atoms with Crippen LogP contribution in [0.25, 0.3) is 0 Å². The molecule has 0 aromatic rings. The third kappa shape index (κ3) is 46.4. The zero-order valence-corrected chi connectivity index (χ0v) is 7.28.